The smallest absolute Gasteiger partial charge is 0.357 e. The maximum absolute atomic E-state index is 11.4. The molecule has 0 bridgehead atoms. The van der Waals surface area contributed by atoms with E-state index in [4.69, 9.17) is 9.52 Å². The summed E-state index contributed by atoms with van der Waals surface area (Å²) >= 11 is 0. The van der Waals surface area contributed by atoms with Gasteiger partial charge in [0.15, 0.2) is 5.69 Å². The summed E-state index contributed by atoms with van der Waals surface area (Å²) in [6.45, 7) is 2.43. The van der Waals surface area contributed by atoms with Crippen LogP contribution in [-0.2, 0) is 17.3 Å². The molecule has 0 saturated carbocycles. The first-order chi connectivity index (χ1) is 10.4. The van der Waals surface area contributed by atoms with E-state index < -0.39 is 16.8 Å². The Hall–Kier alpha value is -1.99. The van der Waals surface area contributed by atoms with Gasteiger partial charge in [0.1, 0.15) is 6.26 Å². The summed E-state index contributed by atoms with van der Waals surface area (Å²) in [6, 6.07) is 7.67. The first-order valence-electron chi connectivity index (χ1n) is 6.70. The molecule has 6 nitrogen and oxygen atoms in total. The van der Waals surface area contributed by atoms with Crippen molar-refractivity contribution in [3.8, 4) is 0 Å². The van der Waals surface area contributed by atoms with Gasteiger partial charge in [-0.2, -0.15) is 0 Å². The number of rotatable bonds is 6. The standard InChI is InChI=1S/C15H18N2O4S/c1-10(11-4-6-12(7-5-11)22(3)20)17(2)8-14-16-13(9-21-14)15(18)19/h4-7,9-10H,8H2,1-3H3,(H,18,19). The van der Waals surface area contributed by atoms with E-state index in [2.05, 4.69) is 4.98 Å². The summed E-state index contributed by atoms with van der Waals surface area (Å²) in [5, 5.41) is 8.83. The molecule has 0 fully saturated rings. The van der Waals surface area contributed by atoms with E-state index in [0.29, 0.717) is 12.4 Å². The second-order valence-corrected chi connectivity index (χ2v) is 6.43. The van der Waals surface area contributed by atoms with E-state index in [-0.39, 0.29) is 11.7 Å². The van der Waals surface area contributed by atoms with Gasteiger partial charge >= 0.3 is 5.97 Å². The molecule has 1 heterocycles. The Morgan fingerprint density at radius 3 is 2.55 bits per heavy atom. The van der Waals surface area contributed by atoms with Gasteiger partial charge in [-0.05, 0) is 31.7 Å². The summed E-state index contributed by atoms with van der Waals surface area (Å²) in [7, 11) is 0.915. The number of oxazole rings is 1. The highest BCUT2D eigenvalue weighted by atomic mass is 32.2. The monoisotopic (exact) mass is 322 g/mol. The minimum Gasteiger partial charge on any atom is -0.476 e. The van der Waals surface area contributed by atoms with Gasteiger partial charge in [0, 0.05) is 28.0 Å². The molecule has 0 saturated heterocycles. The largest absolute Gasteiger partial charge is 0.476 e. The minimum absolute atomic E-state index is 0.0829. The number of carbonyl (C=O) groups is 1. The Morgan fingerprint density at radius 1 is 1.41 bits per heavy atom. The Labute approximate surface area is 131 Å². The second kappa shape index (κ2) is 6.85. The van der Waals surface area contributed by atoms with Crippen LogP contribution in [0.3, 0.4) is 0 Å². The van der Waals surface area contributed by atoms with Crippen LogP contribution < -0.4 is 0 Å². The van der Waals surface area contributed by atoms with Gasteiger partial charge in [0.2, 0.25) is 5.89 Å². The van der Waals surface area contributed by atoms with Crippen molar-refractivity contribution >= 4 is 16.8 Å². The number of aromatic carboxylic acids is 1. The molecular weight excluding hydrogens is 304 g/mol. The van der Waals surface area contributed by atoms with Crippen molar-refractivity contribution in [2.75, 3.05) is 13.3 Å². The molecule has 2 aromatic rings. The molecule has 1 N–H and O–H groups in total. The van der Waals surface area contributed by atoms with Crippen LogP contribution >= 0.6 is 0 Å². The summed E-state index contributed by atoms with van der Waals surface area (Å²) < 4.78 is 16.6. The van der Waals surface area contributed by atoms with Gasteiger partial charge < -0.3 is 9.52 Å². The number of carboxylic acid groups (broad SMARTS) is 1. The van der Waals surface area contributed by atoms with Crippen LogP contribution in [0.4, 0.5) is 0 Å². The third kappa shape index (κ3) is 3.80. The normalized spacial score (nSPS) is 14.0. The number of nitrogens with zero attached hydrogens (tertiary/aromatic N) is 2. The van der Waals surface area contributed by atoms with Gasteiger partial charge in [-0.15, -0.1) is 0 Å². The Kier molecular flexibility index (Phi) is 5.10. The fourth-order valence-corrected chi connectivity index (χ4v) is 2.54. The first kappa shape index (κ1) is 16.4. The van der Waals surface area contributed by atoms with Crippen LogP contribution in [0.25, 0.3) is 0 Å². The van der Waals surface area contributed by atoms with Crippen LogP contribution in [-0.4, -0.2) is 38.5 Å². The lowest BCUT2D eigenvalue weighted by Crippen LogP contribution is -2.22. The van der Waals surface area contributed by atoms with Crippen LogP contribution in [0.1, 0.15) is 34.9 Å². The summed E-state index contributed by atoms with van der Waals surface area (Å²) in [5.41, 5.74) is 0.979. The van der Waals surface area contributed by atoms with E-state index in [0.717, 1.165) is 16.7 Å². The second-order valence-electron chi connectivity index (χ2n) is 5.05. The molecule has 0 radical (unpaired) electrons. The maximum Gasteiger partial charge on any atom is 0.357 e. The predicted molar refractivity (Wildman–Crippen MR) is 82.1 cm³/mol. The lowest BCUT2D eigenvalue weighted by molar-refractivity contribution is 0.0690. The summed E-state index contributed by atoms with van der Waals surface area (Å²) in [4.78, 5) is 17.5. The zero-order valence-corrected chi connectivity index (χ0v) is 13.5. The molecule has 0 aliphatic rings. The van der Waals surface area contributed by atoms with Crippen LogP contribution in [0, 0.1) is 0 Å². The highest BCUT2D eigenvalue weighted by Crippen LogP contribution is 2.21. The van der Waals surface area contributed by atoms with E-state index in [9.17, 15) is 9.00 Å². The Morgan fingerprint density at radius 2 is 2.05 bits per heavy atom. The zero-order valence-electron chi connectivity index (χ0n) is 12.6. The molecule has 7 heteroatoms. The molecule has 2 atom stereocenters. The van der Waals surface area contributed by atoms with Crippen molar-refractivity contribution in [2.45, 2.75) is 24.4 Å². The summed E-state index contributed by atoms with van der Waals surface area (Å²) in [6.07, 6.45) is 2.79. The molecule has 0 aliphatic heterocycles. The molecule has 2 unspecified atom stereocenters. The van der Waals surface area contributed by atoms with E-state index in [1.165, 1.54) is 0 Å². The van der Waals surface area contributed by atoms with Crippen molar-refractivity contribution in [3.05, 3.63) is 47.7 Å². The Bertz CT molecular complexity index is 681. The highest BCUT2D eigenvalue weighted by Gasteiger charge is 2.16. The fraction of sp³-hybridized carbons (Fsp3) is 0.333. The van der Waals surface area contributed by atoms with E-state index in [1.807, 2.05) is 43.1 Å². The van der Waals surface area contributed by atoms with Gasteiger partial charge in [0.05, 0.1) is 6.54 Å². The lowest BCUT2D eigenvalue weighted by Gasteiger charge is -2.23. The number of hydrogen-bond donors (Lipinski definition) is 1. The van der Waals surface area contributed by atoms with Crippen molar-refractivity contribution in [2.24, 2.45) is 0 Å². The quantitative estimate of drug-likeness (QED) is 0.878. The van der Waals surface area contributed by atoms with Gasteiger partial charge in [-0.1, -0.05) is 12.1 Å². The molecular formula is C15H18N2O4S. The van der Waals surface area contributed by atoms with Crippen LogP contribution in [0.5, 0.6) is 0 Å². The third-order valence-corrected chi connectivity index (χ3v) is 4.45. The molecule has 2 rings (SSSR count). The molecule has 1 aromatic heterocycles. The molecule has 1 aromatic carbocycles. The number of hydrogen-bond acceptors (Lipinski definition) is 5. The van der Waals surface area contributed by atoms with Crippen LogP contribution in [0.2, 0.25) is 0 Å². The van der Waals surface area contributed by atoms with Gasteiger partial charge in [-0.25, -0.2) is 9.78 Å². The van der Waals surface area contributed by atoms with Crippen molar-refractivity contribution < 1.29 is 18.5 Å². The highest BCUT2D eigenvalue weighted by molar-refractivity contribution is 7.84. The average molecular weight is 322 g/mol. The number of benzene rings is 1. The third-order valence-electron chi connectivity index (χ3n) is 3.51. The average Bonchev–Trinajstić information content (AvgIpc) is 2.95. The molecule has 0 spiro atoms. The first-order valence-corrected chi connectivity index (χ1v) is 8.25. The lowest BCUT2D eigenvalue weighted by atomic mass is 10.1. The predicted octanol–water partition coefficient (Wildman–Crippen LogP) is 2.30. The van der Waals surface area contributed by atoms with Crippen LogP contribution in [0.15, 0.2) is 39.8 Å². The van der Waals surface area contributed by atoms with E-state index in [1.54, 1.807) is 6.26 Å². The number of carboxylic acids is 1. The fourth-order valence-electron chi connectivity index (χ4n) is 2.02. The topological polar surface area (TPSA) is 83.6 Å². The van der Waals surface area contributed by atoms with Crippen molar-refractivity contribution in [1.29, 1.82) is 0 Å². The molecule has 22 heavy (non-hydrogen) atoms. The minimum atomic E-state index is -1.10. The number of aromatic nitrogens is 1. The van der Waals surface area contributed by atoms with Gasteiger partial charge in [0.25, 0.3) is 0 Å². The van der Waals surface area contributed by atoms with Crippen molar-refractivity contribution in [3.63, 3.8) is 0 Å². The van der Waals surface area contributed by atoms with E-state index >= 15 is 0 Å². The SMILES string of the molecule is CC(c1ccc(S(C)=O)cc1)N(C)Cc1nc(C(=O)O)co1. The maximum atomic E-state index is 11.4. The Balaban J connectivity index is 2.05. The van der Waals surface area contributed by atoms with Gasteiger partial charge in [-0.3, -0.25) is 9.11 Å². The van der Waals surface area contributed by atoms with Crippen molar-refractivity contribution in [1.82, 2.24) is 9.88 Å². The summed E-state index contributed by atoms with van der Waals surface area (Å²) in [5.74, 6) is -0.744. The molecule has 0 aliphatic carbocycles. The zero-order chi connectivity index (χ0) is 16.3. The molecule has 118 valence electrons. The molecule has 0 amide bonds.